The zero-order valence-corrected chi connectivity index (χ0v) is 10.2. The lowest BCUT2D eigenvalue weighted by Crippen LogP contribution is -2.45. The standard InChI is InChI=1S/C12H23NO3/c1-9(2)16-8-12(15)13-11-6-4-3-5-10(11)7-14/h9-11,14H,3-8H2,1-2H3,(H,13,15). The molecule has 1 saturated carbocycles. The van der Waals surface area contributed by atoms with E-state index in [0.717, 1.165) is 25.7 Å². The summed E-state index contributed by atoms with van der Waals surface area (Å²) in [6.07, 6.45) is 4.34. The van der Waals surface area contributed by atoms with Gasteiger partial charge in [0, 0.05) is 18.6 Å². The number of carbonyl (C=O) groups excluding carboxylic acids is 1. The number of nitrogens with one attached hydrogen (secondary N) is 1. The first-order valence-electron chi connectivity index (χ1n) is 6.15. The van der Waals surface area contributed by atoms with Crippen LogP contribution in [0.3, 0.4) is 0 Å². The van der Waals surface area contributed by atoms with E-state index < -0.39 is 0 Å². The summed E-state index contributed by atoms with van der Waals surface area (Å²) < 4.78 is 5.24. The van der Waals surface area contributed by atoms with Crippen molar-refractivity contribution in [3.05, 3.63) is 0 Å². The molecule has 0 aromatic rings. The fraction of sp³-hybridized carbons (Fsp3) is 0.917. The van der Waals surface area contributed by atoms with Crippen molar-refractivity contribution in [1.82, 2.24) is 5.32 Å². The van der Waals surface area contributed by atoms with Crippen LogP contribution in [0.1, 0.15) is 39.5 Å². The van der Waals surface area contributed by atoms with Crippen molar-refractivity contribution >= 4 is 5.91 Å². The quantitative estimate of drug-likeness (QED) is 0.741. The minimum atomic E-state index is -0.0703. The van der Waals surface area contributed by atoms with Gasteiger partial charge in [0.25, 0.3) is 0 Å². The van der Waals surface area contributed by atoms with Crippen LogP contribution in [0.5, 0.6) is 0 Å². The summed E-state index contributed by atoms with van der Waals surface area (Å²) in [6.45, 7) is 4.09. The van der Waals surface area contributed by atoms with Crippen molar-refractivity contribution in [1.29, 1.82) is 0 Å². The highest BCUT2D eigenvalue weighted by molar-refractivity contribution is 5.77. The Morgan fingerprint density at radius 2 is 2.12 bits per heavy atom. The van der Waals surface area contributed by atoms with Gasteiger partial charge < -0.3 is 15.2 Å². The number of hydrogen-bond acceptors (Lipinski definition) is 3. The highest BCUT2D eigenvalue weighted by Gasteiger charge is 2.25. The predicted octanol–water partition coefficient (Wildman–Crippen LogP) is 1.08. The largest absolute Gasteiger partial charge is 0.396 e. The third kappa shape index (κ3) is 4.49. The second kappa shape index (κ2) is 6.86. The van der Waals surface area contributed by atoms with Gasteiger partial charge in [-0.05, 0) is 26.7 Å². The number of carbonyl (C=O) groups is 1. The van der Waals surface area contributed by atoms with Crippen LogP contribution >= 0.6 is 0 Å². The van der Waals surface area contributed by atoms with Gasteiger partial charge in [0.15, 0.2) is 0 Å². The molecule has 16 heavy (non-hydrogen) atoms. The molecule has 94 valence electrons. The maximum absolute atomic E-state index is 11.6. The average molecular weight is 229 g/mol. The van der Waals surface area contributed by atoms with Crippen LogP contribution < -0.4 is 5.32 Å². The monoisotopic (exact) mass is 229 g/mol. The Kier molecular flexibility index (Phi) is 5.77. The lowest BCUT2D eigenvalue weighted by molar-refractivity contribution is -0.128. The minimum absolute atomic E-state index is 0.0703. The molecule has 2 N–H and O–H groups in total. The Hall–Kier alpha value is -0.610. The number of rotatable bonds is 5. The Bertz CT molecular complexity index is 218. The molecule has 0 heterocycles. The fourth-order valence-electron chi connectivity index (χ4n) is 2.11. The van der Waals surface area contributed by atoms with E-state index in [2.05, 4.69) is 5.32 Å². The van der Waals surface area contributed by atoms with Gasteiger partial charge >= 0.3 is 0 Å². The maximum atomic E-state index is 11.6. The maximum Gasteiger partial charge on any atom is 0.246 e. The Balaban J connectivity index is 2.30. The zero-order chi connectivity index (χ0) is 12.0. The van der Waals surface area contributed by atoms with Crippen LogP contribution in [0.4, 0.5) is 0 Å². The molecule has 4 heteroatoms. The summed E-state index contributed by atoms with van der Waals surface area (Å²) in [7, 11) is 0. The molecule has 0 aromatic heterocycles. The first-order chi connectivity index (χ1) is 7.63. The van der Waals surface area contributed by atoms with Crippen LogP contribution in [0.25, 0.3) is 0 Å². The molecule has 0 spiro atoms. The molecule has 0 aromatic carbocycles. The van der Waals surface area contributed by atoms with Crippen molar-refractivity contribution in [3.8, 4) is 0 Å². The number of hydrogen-bond donors (Lipinski definition) is 2. The molecule has 0 aliphatic heterocycles. The normalized spacial score (nSPS) is 25.8. The predicted molar refractivity (Wildman–Crippen MR) is 62.1 cm³/mol. The molecule has 4 nitrogen and oxygen atoms in total. The van der Waals surface area contributed by atoms with Crippen LogP contribution in [-0.4, -0.2) is 36.4 Å². The van der Waals surface area contributed by atoms with Gasteiger partial charge in [0.2, 0.25) is 5.91 Å². The van der Waals surface area contributed by atoms with Gasteiger partial charge in [-0.15, -0.1) is 0 Å². The first kappa shape index (κ1) is 13.5. The van der Waals surface area contributed by atoms with E-state index in [1.165, 1.54) is 0 Å². The summed E-state index contributed by atoms with van der Waals surface area (Å²) in [4.78, 5) is 11.6. The lowest BCUT2D eigenvalue weighted by atomic mass is 9.85. The van der Waals surface area contributed by atoms with E-state index in [1.54, 1.807) is 0 Å². The van der Waals surface area contributed by atoms with E-state index in [1.807, 2.05) is 13.8 Å². The van der Waals surface area contributed by atoms with Crippen LogP contribution in [-0.2, 0) is 9.53 Å². The Labute approximate surface area is 97.4 Å². The molecule has 1 aliphatic carbocycles. The van der Waals surface area contributed by atoms with Crippen molar-refractivity contribution in [2.45, 2.75) is 51.7 Å². The third-order valence-electron chi connectivity index (χ3n) is 3.04. The molecule has 1 aliphatic rings. The summed E-state index contributed by atoms with van der Waals surface area (Å²) >= 11 is 0. The van der Waals surface area contributed by atoms with Crippen LogP contribution in [0.15, 0.2) is 0 Å². The van der Waals surface area contributed by atoms with E-state index in [-0.39, 0.29) is 37.2 Å². The van der Waals surface area contributed by atoms with E-state index in [0.29, 0.717) is 0 Å². The molecular weight excluding hydrogens is 206 g/mol. The first-order valence-corrected chi connectivity index (χ1v) is 6.15. The summed E-state index contributed by atoms with van der Waals surface area (Å²) in [5.41, 5.74) is 0. The van der Waals surface area contributed by atoms with Crippen molar-refractivity contribution in [2.75, 3.05) is 13.2 Å². The zero-order valence-electron chi connectivity index (χ0n) is 10.2. The van der Waals surface area contributed by atoms with Gasteiger partial charge in [0.1, 0.15) is 6.61 Å². The second-order valence-electron chi connectivity index (χ2n) is 4.76. The molecule has 1 rings (SSSR count). The number of amides is 1. The average Bonchev–Trinajstić information content (AvgIpc) is 2.27. The van der Waals surface area contributed by atoms with E-state index in [4.69, 9.17) is 4.74 Å². The molecule has 0 saturated heterocycles. The highest BCUT2D eigenvalue weighted by atomic mass is 16.5. The molecular formula is C12H23NO3. The van der Waals surface area contributed by atoms with Gasteiger partial charge in [-0.1, -0.05) is 12.8 Å². The number of ether oxygens (including phenoxy) is 1. The fourth-order valence-corrected chi connectivity index (χ4v) is 2.11. The SMILES string of the molecule is CC(C)OCC(=O)NC1CCCCC1CO. The van der Waals surface area contributed by atoms with Gasteiger partial charge in [0.05, 0.1) is 6.10 Å². The van der Waals surface area contributed by atoms with Crippen molar-refractivity contribution in [3.63, 3.8) is 0 Å². The van der Waals surface area contributed by atoms with Crippen LogP contribution in [0.2, 0.25) is 0 Å². The topological polar surface area (TPSA) is 58.6 Å². The highest BCUT2D eigenvalue weighted by Crippen LogP contribution is 2.23. The van der Waals surface area contributed by atoms with Gasteiger partial charge in [-0.2, -0.15) is 0 Å². The summed E-state index contributed by atoms with van der Waals surface area (Å²) in [6, 6.07) is 0.127. The van der Waals surface area contributed by atoms with E-state index in [9.17, 15) is 9.90 Å². The van der Waals surface area contributed by atoms with Crippen LogP contribution in [0, 0.1) is 5.92 Å². The summed E-state index contributed by atoms with van der Waals surface area (Å²) in [5, 5.41) is 12.2. The third-order valence-corrected chi connectivity index (χ3v) is 3.04. The van der Waals surface area contributed by atoms with Crippen molar-refractivity contribution in [2.24, 2.45) is 5.92 Å². The molecule has 0 radical (unpaired) electrons. The molecule has 0 bridgehead atoms. The molecule has 2 atom stereocenters. The minimum Gasteiger partial charge on any atom is -0.396 e. The Morgan fingerprint density at radius 3 is 2.75 bits per heavy atom. The van der Waals surface area contributed by atoms with Gasteiger partial charge in [-0.25, -0.2) is 0 Å². The molecule has 1 fully saturated rings. The number of aliphatic hydroxyl groups excluding tert-OH is 1. The van der Waals surface area contributed by atoms with Gasteiger partial charge in [-0.3, -0.25) is 4.79 Å². The smallest absolute Gasteiger partial charge is 0.246 e. The number of aliphatic hydroxyl groups is 1. The van der Waals surface area contributed by atoms with E-state index >= 15 is 0 Å². The molecule has 1 amide bonds. The Morgan fingerprint density at radius 1 is 1.44 bits per heavy atom. The second-order valence-corrected chi connectivity index (χ2v) is 4.76. The lowest BCUT2D eigenvalue weighted by Gasteiger charge is -2.30. The molecule has 2 unspecified atom stereocenters. The summed E-state index contributed by atoms with van der Waals surface area (Å²) in [5.74, 6) is 0.149. The van der Waals surface area contributed by atoms with Crippen molar-refractivity contribution < 1.29 is 14.6 Å².